The van der Waals surface area contributed by atoms with E-state index in [9.17, 15) is 14.6 Å². The largest absolute Gasteiger partial charge is 0.486 e. The van der Waals surface area contributed by atoms with E-state index in [1.165, 1.54) is 6.07 Å². The van der Waals surface area contributed by atoms with Crippen LogP contribution in [0.5, 0.6) is 11.5 Å². The molecule has 5 heteroatoms. The molecule has 1 aromatic rings. The average molecular weight is 284 g/mol. The molecule has 2 atom stereocenters. The lowest BCUT2D eigenvalue weighted by atomic mass is 10.0. The first-order valence-corrected chi connectivity index (χ1v) is 7.06. The van der Waals surface area contributed by atoms with E-state index in [1.54, 1.807) is 6.07 Å². The molecule has 0 fully saturated rings. The molecule has 1 aromatic carbocycles. The summed E-state index contributed by atoms with van der Waals surface area (Å²) >= 11 is 0. The van der Waals surface area contributed by atoms with Crippen molar-refractivity contribution in [3.05, 3.63) is 23.5 Å². The van der Waals surface area contributed by atoms with Gasteiger partial charge in [-0.1, -0.05) is 13.3 Å². The maximum Gasteiger partial charge on any atom is 0.164 e. The van der Waals surface area contributed by atoms with E-state index in [2.05, 4.69) is 0 Å². The third-order valence-corrected chi connectivity index (χ3v) is 3.45. The van der Waals surface area contributed by atoms with E-state index in [0.29, 0.717) is 49.5 Å². The van der Waals surface area contributed by atoms with Crippen molar-refractivity contribution in [2.24, 2.45) is 0 Å². The lowest BCUT2D eigenvalue weighted by Crippen LogP contribution is -2.26. The van der Waals surface area contributed by atoms with Crippen molar-refractivity contribution in [3.8, 4) is 11.5 Å². The Morgan fingerprint density at radius 1 is 1.10 bits per heavy atom. The molecule has 0 saturated heterocycles. The molecule has 0 spiro atoms. The van der Waals surface area contributed by atoms with Crippen molar-refractivity contribution in [1.82, 2.24) is 0 Å². The molecule has 0 radical (unpaired) electrons. The Kier molecular flexibility index (Phi) is 5.20. The average Bonchev–Trinajstić information content (AvgIpc) is 2.45. The van der Waals surface area contributed by atoms with Gasteiger partial charge in [-0.25, -0.2) is 4.39 Å². The summed E-state index contributed by atoms with van der Waals surface area (Å²) in [7, 11) is 0. The van der Waals surface area contributed by atoms with Crippen LogP contribution in [0.4, 0.5) is 4.39 Å². The van der Waals surface area contributed by atoms with Crippen LogP contribution in [0.2, 0.25) is 0 Å². The minimum Gasteiger partial charge on any atom is -0.486 e. The number of aliphatic hydroxyl groups excluding tert-OH is 2. The second kappa shape index (κ2) is 6.90. The summed E-state index contributed by atoms with van der Waals surface area (Å²) in [5.41, 5.74) is 0.469. The molecule has 4 nitrogen and oxygen atoms in total. The molecular weight excluding hydrogens is 263 g/mol. The minimum absolute atomic E-state index is 0.317. The zero-order valence-electron chi connectivity index (χ0n) is 11.6. The topological polar surface area (TPSA) is 58.9 Å². The van der Waals surface area contributed by atoms with Gasteiger partial charge in [0.2, 0.25) is 0 Å². The highest BCUT2D eigenvalue weighted by atomic mass is 19.1. The second-order valence-electron chi connectivity index (χ2n) is 5.05. The molecule has 1 aliphatic rings. The van der Waals surface area contributed by atoms with Gasteiger partial charge < -0.3 is 19.7 Å². The highest BCUT2D eigenvalue weighted by molar-refractivity contribution is 5.44. The molecule has 0 aromatic heterocycles. The Hall–Kier alpha value is -1.33. The van der Waals surface area contributed by atoms with Gasteiger partial charge in [0.1, 0.15) is 19.0 Å². The first-order valence-electron chi connectivity index (χ1n) is 7.06. The van der Waals surface area contributed by atoms with Crippen LogP contribution in [0.15, 0.2) is 12.1 Å². The molecule has 0 aliphatic carbocycles. The Bertz CT molecular complexity index is 450. The van der Waals surface area contributed by atoms with Crippen LogP contribution in [0.1, 0.15) is 31.7 Å². The van der Waals surface area contributed by atoms with E-state index in [0.717, 1.165) is 6.42 Å². The summed E-state index contributed by atoms with van der Waals surface area (Å²) in [5.74, 6) is 0.590. The van der Waals surface area contributed by atoms with Crippen LogP contribution in [-0.2, 0) is 6.42 Å². The predicted octanol–water partition coefficient (Wildman–Crippen LogP) is 2.05. The molecular formula is C15H21FO4. The van der Waals surface area contributed by atoms with Crippen LogP contribution in [0.25, 0.3) is 0 Å². The number of aliphatic hydroxyl groups is 2. The van der Waals surface area contributed by atoms with Crippen LogP contribution in [0, 0.1) is 5.82 Å². The van der Waals surface area contributed by atoms with Gasteiger partial charge in [-0.05, 0) is 30.9 Å². The number of aryl methyl sites for hydroxylation is 1. The van der Waals surface area contributed by atoms with Crippen molar-refractivity contribution in [3.63, 3.8) is 0 Å². The molecule has 1 heterocycles. The zero-order chi connectivity index (χ0) is 14.5. The summed E-state index contributed by atoms with van der Waals surface area (Å²) < 4.78 is 24.6. The number of hydrogen-bond donors (Lipinski definition) is 2. The van der Waals surface area contributed by atoms with Gasteiger partial charge in [-0.3, -0.25) is 0 Å². The Labute approximate surface area is 118 Å². The molecule has 112 valence electrons. The van der Waals surface area contributed by atoms with Gasteiger partial charge in [0.05, 0.1) is 12.2 Å². The van der Waals surface area contributed by atoms with Gasteiger partial charge in [0.25, 0.3) is 0 Å². The number of hydrogen-bond acceptors (Lipinski definition) is 4. The van der Waals surface area contributed by atoms with Gasteiger partial charge in [0, 0.05) is 6.07 Å². The normalized spacial score (nSPS) is 16.8. The number of halogens is 1. The number of rotatable bonds is 6. The quantitative estimate of drug-likeness (QED) is 0.839. The first kappa shape index (κ1) is 15.1. The lowest BCUT2D eigenvalue weighted by Gasteiger charge is -2.20. The monoisotopic (exact) mass is 284 g/mol. The Morgan fingerprint density at radius 2 is 1.70 bits per heavy atom. The van der Waals surface area contributed by atoms with E-state index in [-0.39, 0.29) is 5.82 Å². The highest BCUT2D eigenvalue weighted by Crippen LogP contribution is 2.33. The fourth-order valence-electron chi connectivity index (χ4n) is 2.28. The molecule has 0 amide bonds. The number of benzene rings is 1. The fraction of sp³-hybridized carbons (Fsp3) is 0.600. The van der Waals surface area contributed by atoms with Gasteiger partial charge in [-0.2, -0.15) is 0 Å². The molecule has 1 aliphatic heterocycles. The van der Waals surface area contributed by atoms with Crippen LogP contribution < -0.4 is 9.47 Å². The lowest BCUT2D eigenvalue weighted by molar-refractivity contribution is 0.00968. The maximum absolute atomic E-state index is 13.9. The van der Waals surface area contributed by atoms with Crippen molar-refractivity contribution >= 4 is 0 Å². The van der Waals surface area contributed by atoms with Gasteiger partial charge in [0.15, 0.2) is 11.5 Å². The summed E-state index contributed by atoms with van der Waals surface area (Å²) in [5, 5.41) is 19.5. The van der Waals surface area contributed by atoms with Gasteiger partial charge in [-0.15, -0.1) is 0 Å². The predicted molar refractivity (Wildman–Crippen MR) is 72.6 cm³/mol. The first-order chi connectivity index (χ1) is 9.61. The van der Waals surface area contributed by atoms with Crippen LogP contribution in [0.3, 0.4) is 0 Å². The summed E-state index contributed by atoms with van der Waals surface area (Å²) in [6.45, 7) is 2.82. The summed E-state index contributed by atoms with van der Waals surface area (Å²) in [6.07, 6.45) is 0.437. The second-order valence-corrected chi connectivity index (χ2v) is 5.05. The van der Waals surface area contributed by atoms with E-state index in [1.807, 2.05) is 6.92 Å². The van der Waals surface area contributed by atoms with Crippen molar-refractivity contribution < 1.29 is 24.1 Å². The maximum atomic E-state index is 13.9. The Morgan fingerprint density at radius 3 is 2.35 bits per heavy atom. The summed E-state index contributed by atoms with van der Waals surface area (Å²) in [4.78, 5) is 0. The van der Waals surface area contributed by atoms with Crippen molar-refractivity contribution in [2.45, 2.75) is 44.8 Å². The van der Waals surface area contributed by atoms with Crippen molar-refractivity contribution in [2.75, 3.05) is 13.2 Å². The number of ether oxygens (including phenoxy) is 2. The smallest absolute Gasteiger partial charge is 0.164 e. The standard InChI is InChI=1S/C15H21FO4/c1-2-3-12(17)13(18)5-4-10-8-14-15(9-11(10)16)20-7-6-19-14/h8-9,12-13,17-18H,2-7H2,1H3. The molecule has 2 N–H and O–H groups in total. The molecule has 2 unspecified atom stereocenters. The molecule has 0 bridgehead atoms. The van der Waals surface area contributed by atoms with E-state index < -0.39 is 12.2 Å². The van der Waals surface area contributed by atoms with Crippen LogP contribution in [-0.4, -0.2) is 35.6 Å². The van der Waals surface area contributed by atoms with Crippen molar-refractivity contribution in [1.29, 1.82) is 0 Å². The third-order valence-electron chi connectivity index (χ3n) is 3.45. The van der Waals surface area contributed by atoms with Gasteiger partial charge >= 0.3 is 0 Å². The van der Waals surface area contributed by atoms with E-state index in [4.69, 9.17) is 9.47 Å². The third kappa shape index (κ3) is 3.61. The Balaban J connectivity index is 1.99. The summed E-state index contributed by atoms with van der Waals surface area (Å²) in [6, 6.07) is 2.93. The van der Waals surface area contributed by atoms with E-state index >= 15 is 0 Å². The zero-order valence-corrected chi connectivity index (χ0v) is 11.6. The molecule has 20 heavy (non-hydrogen) atoms. The molecule has 0 saturated carbocycles. The minimum atomic E-state index is -0.831. The molecule has 2 rings (SSSR count). The SMILES string of the molecule is CCCC(O)C(O)CCc1cc2c(cc1F)OCCO2. The fourth-order valence-corrected chi connectivity index (χ4v) is 2.28. The van der Waals surface area contributed by atoms with Crippen LogP contribution >= 0.6 is 0 Å². The highest BCUT2D eigenvalue weighted by Gasteiger charge is 2.19. The number of fused-ring (bicyclic) bond motifs is 1.